The first kappa shape index (κ1) is 26.6. The Kier molecular flexibility index (Phi) is 7.06. The summed E-state index contributed by atoms with van der Waals surface area (Å²) in [7, 11) is 2.03. The molecule has 0 aliphatic heterocycles. The van der Waals surface area contributed by atoms with Crippen LogP contribution in [0.5, 0.6) is 0 Å². The van der Waals surface area contributed by atoms with E-state index in [0.717, 1.165) is 40.8 Å². The molecule has 4 rings (SSSR count). The highest BCUT2D eigenvalue weighted by Crippen LogP contribution is 2.34. The Labute approximate surface area is 218 Å². The lowest BCUT2D eigenvalue weighted by molar-refractivity contribution is -0.732. The highest BCUT2D eigenvalue weighted by atomic mass is 16.6. The summed E-state index contributed by atoms with van der Waals surface area (Å²) < 4.78 is 16.9. The van der Waals surface area contributed by atoms with E-state index in [2.05, 4.69) is 10.6 Å². The molecule has 0 fully saturated rings. The maximum atomic E-state index is 13.5. The minimum absolute atomic E-state index is 0.0293. The molecule has 0 saturated heterocycles. The van der Waals surface area contributed by atoms with Crippen molar-refractivity contribution in [1.82, 2.24) is 9.13 Å². The van der Waals surface area contributed by atoms with Crippen LogP contribution in [-0.2, 0) is 45.8 Å². The van der Waals surface area contributed by atoms with Gasteiger partial charge < -0.3 is 14.0 Å². The van der Waals surface area contributed by atoms with Crippen molar-refractivity contribution < 1.29 is 28.4 Å². The quantitative estimate of drug-likeness (QED) is 0.351. The number of carbonyl (C=O) groups excluding carboxylic acids is 3. The molecule has 1 aliphatic rings. The molecule has 0 N–H and O–H groups in total. The molecule has 1 atom stereocenters. The number of para-hydroxylation sites is 1. The van der Waals surface area contributed by atoms with E-state index in [1.807, 2.05) is 53.7 Å². The monoisotopic (exact) mass is 508 g/mol. The van der Waals surface area contributed by atoms with Crippen LogP contribution in [0.3, 0.4) is 0 Å². The fourth-order valence-corrected chi connectivity index (χ4v) is 5.08. The second-order valence-corrected chi connectivity index (χ2v) is 11.7. The number of esters is 2. The summed E-state index contributed by atoms with van der Waals surface area (Å²) in [5.74, 6) is 0.0512. The Bertz CT molecular complexity index is 1360. The number of rotatable bonds is 7. The second-order valence-electron chi connectivity index (χ2n) is 11.7. The summed E-state index contributed by atoms with van der Waals surface area (Å²) in [6.07, 6.45) is 5.36. The molecule has 0 amide bonds. The third-order valence-corrected chi connectivity index (χ3v) is 7.14. The van der Waals surface area contributed by atoms with Crippen LogP contribution in [0.25, 0.3) is 10.9 Å². The SMILES string of the molecule is Cc1n(CC2CCc3c(c4ccccc4n3C)C2=O)cc[n+]1COC(=O)C(C)(C)CC(=O)OC(C)(C)C. The van der Waals surface area contributed by atoms with Gasteiger partial charge in [-0.2, -0.15) is 4.57 Å². The first-order valence-electron chi connectivity index (χ1n) is 12.8. The van der Waals surface area contributed by atoms with Crippen molar-refractivity contribution in [2.24, 2.45) is 18.4 Å². The molecule has 0 spiro atoms. The fourth-order valence-electron chi connectivity index (χ4n) is 5.08. The number of hydrogen-bond donors (Lipinski definition) is 0. The smallest absolute Gasteiger partial charge is 0.315 e. The second kappa shape index (κ2) is 9.80. The Balaban J connectivity index is 1.40. The topological polar surface area (TPSA) is 83.4 Å². The number of aryl methyl sites for hydroxylation is 1. The molecular weight excluding hydrogens is 470 g/mol. The summed E-state index contributed by atoms with van der Waals surface area (Å²) in [6, 6.07) is 8.07. The third-order valence-electron chi connectivity index (χ3n) is 7.14. The van der Waals surface area contributed by atoms with Crippen LogP contribution in [0.1, 0.15) is 69.3 Å². The summed E-state index contributed by atoms with van der Waals surface area (Å²) in [5.41, 5.74) is 1.44. The van der Waals surface area contributed by atoms with Gasteiger partial charge in [0.05, 0.1) is 17.8 Å². The van der Waals surface area contributed by atoms with Gasteiger partial charge in [0.1, 0.15) is 24.5 Å². The van der Waals surface area contributed by atoms with Gasteiger partial charge >= 0.3 is 11.9 Å². The lowest BCUT2D eigenvalue weighted by Gasteiger charge is -2.25. The van der Waals surface area contributed by atoms with E-state index >= 15 is 0 Å². The fraction of sp³-hybridized carbons (Fsp3) is 0.517. The molecule has 8 nitrogen and oxygen atoms in total. The third kappa shape index (κ3) is 5.48. The maximum absolute atomic E-state index is 13.5. The molecule has 0 saturated carbocycles. The van der Waals surface area contributed by atoms with E-state index in [9.17, 15) is 14.4 Å². The van der Waals surface area contributed by atoms with Crippen LogP contribution in [-0.4, -0.2) is 32.5 Å². The van der Waals surface area contributed by atoms with Gasteiger partial charge in [-0.3, -0.25) is 14.4 Å². The number of ether oxygens (including phenoxy) is 2. The number of benzene rings is 1. The molecule has 8 heteroatoms. The maximum Gasteiger partial charge on any atom is 0.315 e. The van der Waals surface area contributed by atoms with Crippen LogP contribution < -0.4 is 4.57 Å². The molecule has 0 bridgehead atoms. The minimum atomic E-state index is -1.01. The number of hydrogen-bond acceptors (Lipinski definition) is 5. The van der Waals surface area contributed by atoms with Gasteiger partial charge in [0.2, 0.25) is 6.73 Å². The van der Waals surface area contributed by atoms with E-state index < -0.39 is 23.0 Å². The van der Waals surface area contributed by atoms with Gasteiger partial charge in [0.25, 0.3) is 5.82 Å². The summed E-state index contributed by atoms with van der Waals surface area (Å²) in [5, 5.41) is 1.02. The van der Waals surface area contributed by atoms with Crippen LogP contribution in [0.4, 0.5) is 0 Å². The van der Waals surface area contributed by atoms with Gasteiger partial charge in [0.15, 0.2) is 5.78 Å². The van der Waals surface area contributed by atoms with Gasteiger partial charge in [-0.25, -0.2) is 4.57 Å². The molecule has 198 valence electrons. The van der Waals surface area contributed by atoms with E-state index in [4.69, 9.17) is 9.47 Å². The molecule has 1 unspecified atom stereocenters. The summed E-state index contributed by atoms with van der Waals surface area (Å²) in [6.45, 7) is 11.3. The van der Waals surface area contributed by atoms with Crippen LogP contribution >= 0.6 is 0 Å². The molecule has 2 heterocycles. The van der Waals surface area contributed by atoms with Gasteiger partial charge in [-0.1, -0.05) is 18.2 Å². The molecule has 37 heavy (non-hydrogen) atoms. The predicted molar refractivity (Wildman–Crippen MR) is 139 cm³/mol. The van der Waals surface area contributed by atoms with E-state index in [-0.39, 0.29) is 24.9 Å². The first-order valence-corrected chi connectivity index (χ1v) is 12.8. The average Bonchev–Trinajstić information content (AvgIpc) is 3.29. The average molecular weight is 509 g/mol. The highest BCUT2D eigenvalue weighted by Gasteiger charge is 2.36. The van der Waals surface area contributed by atoms with Crippen molar-refractivity contribution in [2.75, 3.05) is 0 Å². The van der Waals surface area contributed by atoms with Crippen molar-refractivity contribution in [3.63, 3.8) is 0 Å². The number of fused-ring (bicyclic) bond motifs is 3. The van der Waals surface area contributed by atoms with Crippen molar-refractivity contribution in [2.45, 2.75) is 79.7 Å². The summed E-state index contributed by atoms with van der Waals surface area (Å²) in [4.78, 5) is 38.5. The van der Waals surface area contributed by atoms with Crippen LogP contribution in [0.15, 0.2) is 36.7 Å². The van der Waals surface area contributed by atoms with Crippen molar-refractivity contribution >= 4 is 28.6 Å². The standard InChI is InChI=1S/C29H38N3O5/c1-19-31(14-15-32(19)18-36-27(35)29(5,6)16-24(33)37-28(2,3)4)17-20-12-13-23-25(26(20)34)21-10-8-9-11-22(21)30(23)7/h8-11,14-15,20H,12-13,16-18H2,1-7H3/q+1. The number of carbonyl (C=O) groups is 3. The van der Waals surface area contributed by atoms with Crippen molar-refractivity contribution in [3.05, 3.63) is 53.7 Å². The number of aromatic nitrogens is 3. The largest absolute Gasteiger partial charge is 0.460 e. The number of imidazole rings is 1. The zero-order valence-corrected chi connectivity index (χ0v) is 23.0. The van der Waals surface area contributed by atoms with E-state index in [0.29, 0.717) is 6.54 Å². The minimum Gasteiger partial charge on any atom is -0.460 e. The van der Waals surface area contributed by atoms with Crippen LogP contribution in [0.2, 0.25) is 0 Å². The zero-order chi connectivity index (χ0) is 27.1. The normalized spacial score (nSPS) is 16.1. The van der Waals surface area contributed by atoms with Crippen LogP contribution in [0, 0.1) is 18.3 Å². The zero-order valence-electron chi connectivity index (χ0n) is 23.0. The molecule has 3 aromatic rings. The number of ketones is 1. The predicted octanol–water partition coefficient (Wildman–Crippen LogP) is 4.28. The number of Topliss-reactive ketones (excluding diaryl/α,β-unsaturated/α-hetero) is 1. The Morgan fingerprint density at radius 3 is 2.54 bits per heavy atom. The molecule has 2 aromatic heterocycles. The van der Waals surface area contributed by atoms with Gasteiger partial charge in [-0.05, 0) is 53.5 Å². The van der Waals surface area contributed by atoms with E-state index in [1.165, 1.54) is 0 Å². The Morgan fingerprint density at radius 2 is 1.84 bits per heavy atom. The lowest BCUT2D eigenvalue weighted by atomic mass is 9.85. The Morgan fingerprint density at radius 1 is 1.14 bits per heavy atom. The molecule has 0 radical (unpaired) electrons. The number of nitrogens with zero attached hydrogens (tertiary/aromatic N) is 3. The molecule has 1 aromatic carbocycles. The Hall–Kier alpha value is -3.42. The lowest BCUT2D eigenvalue weighted by Crippen LogP contribution is -2.41. The van der Waals surface area contributed by atoms with Crippen molar-refractivity contribution in [1.29, 1.82) is 0 Å². The summed E-state index contributed by atoms with van der Waals surface area (Å²) >= 11 is 0. The van der Waals surface area contributed by atoms with Crippen molar-refractivity contribution in [3.8, 4) is 0 Å². The first-order chi connectivity index (χ1) is 17.3. The molecule has 1 aliphatic carbocycles. The van der Waals surface area contributed by atoms with Gasteiger partial charge in [-0.15, -0.1) is 0 Å². The van der Waals surface area contributed by atoms with Gasteiger partial charge in [0, 0.05) is 36.1 Å². The highest BCUT2D eigenvalue weighted by molar-refractivity contribution is 6.11. The molecular formula is C29H38N3O5+. The van der Waals surface area contributed by atoms with E-state index in [1.54, 1.807) is 34.6 Å².